The number of nitrogens with zero attached hydrogens (tertiary/aromatic N) is 5. The number of fused-ring (bicyclic) bond motifs is 1. The van der Waals surface area contributed by atoms with Gasteiger partial charge < -0.3 is 5.32 Å². The summed E-state index contributed by atoms with van der Waals surface area (Å²) in [6, 6.07) is 1.86. The van der Waals surface area contributed by atoms with Crippen LogP contribution in [0.3, 0.4) is 0 Å². The molecule has 7 heteroatoms. The Bertz CT molecular complexity index is 665. The van der Waals surface area contributed by atoms with E-state index >= 15 is 0 Å². The predicted octanol–water partition coefficient (Wildman–Crippen LogP) is 0.515. The summed E-state index contributed by atoms with van der Waals surface area (Å²) in [5.74, 6) is 0.688. The Kier molecular flexibility index (Phi) is 3.66. The molecular formula is C14H18N6O. The molecule has 3 heterocycles. The highest BCUT2D eigenvalue weighted by atomic mass is 16.2. The molecule has 0 fully saturated rings. The molecule has 0 unspecified atom stereocenters. The van der Waals surface area contributed by atoms with Gasteiger partial charge in [0.2, 0.25) is 5.91 Å². The van der Waals surface area contributed by atoms with Gasteiger partial charge in [-0.2, -0.15) is 5.10 Å². The van der Waals surface area contributed by atoms with Crippen LogP contribution >= 0.6 is 0 Å². The minimum absolute atomic E-state index is 0.0319. The number of anilines is 1. The van der Waals surface area contributed by atoms with Crippen LogP contribution in [-0.4, -0.2) is 43.6 Å². The summed E-state index contributed by atoms with van der Waals surface area (Å²) >= 11 is 0. The Morgan fingerprint density at radius 3 is 3.10 bits per heavy atom. The topological polar surface area (TPSA) is 75.9 Å². The SMILES string of the molecule is Cc1cc(NC(=O)CN2CCc3cncnc3C2)n(C)n1. The monoisotopic (exact) mass is 286 g/mol. The maximum Gasteiger partial charge on any atom is 0.239 e. The number of hydrogen-bond donors (Lipinski definition) is 1. The second kappa shape index (κ2) is 5.61. The van der Waals surface area contributed by atoms with Gasteiger partial charge in [0, 0.05) is 32.4 Å². The van der Waals surface area contributed by atoms with E-state index in [-0.39, 0.29) is 5.91 Å². The van der Waals surface area contributed by atoms with Crippen LogP contribution < -0.4 is 5.32 Å². The summed E-state index contributed by atoms with van der Waals surface area (Å²) in [6.45, 7) is 3.79. The summed E-state index contributed by atoms with van der Waals surface area (Å²) in [6.07, 6.45) is 4.30. The fraction of sp³-hybridized carbons (Fsp3) is 0.429. The van der Waals surface area contributed by atoms with Crippen LogP contribution in [0.4, 0.5) is 5.82 Å². The van der Waals surface area contributed by atoms with Crippen LogP contribution in [0.1, 0.15) is 17.0 Å². The molecule has 0 bridgehead atoms. The fourth-order valence-electron chi connectivity index (χ4n) is 2.55. The van der Waals surface area contributed by atoms with Crippen LogP contribution in [0.2, 0.25) is 0 Å². The number of nitrogens with one attached hydrogen (secondary N) is 1. The zero-order chi connectivity index (χ0) is 14.8. The zero-order valence-corrected chi connectivity index (χ0v) is 12.2. The lowest BCUT2D eigenvalue weighted by Crippen LogP contribution is -2.37. The second-order valence-electron chi connectivity index (χ2n) is 5.30. The average molecular weight is 286 g/mol. The van der Waals surface area contributed by atoms with Gasteiger partial charge in [-0.1, -0.05) is 0 Å². The molecule has 0 aliphatic carbocycles. The molecule has 1 aliphatic heterocycles. The first-order valence-electron chi connectivity index (χ1n) is 6.92. The summed E-state index contributed by atoms with van der Waals surface area (Å²) in [4.78, 5) is 22.5. The number of carbonyl (C=O) groups excluding carboxylic acids is 1. The second-order valence-corrected chi connectivity index (χ2v) is 5.30. The molecule has 0 saturated carbocycles. The Balaban J connectivity index is 1.60. The van der Waals surface area contributed by atoms with Crippen molar-refractivity contribution in [2.24, 2.45) is 7.05 Å². The minimum atomic E-state index is -0.0319. The molecule has 110 valence electrons. The lowest BCUT2D eigenvalue weighted by molar-refractivity contribution is -0.117. The van der Waals surface area contributed by atoms with Crippen LogP contribution in [-0.2, 0) is 24.8 Å². The van der Waals surface area contributed by atoms with Crippen molar-refractivity contribution in [3.63, 3.8) is 0 Å². The number of aryl methyl sites for hydroxylation is 2. The van der Waals surface area contributed by atoms with E-state index < -0.39 is 0 Å². The molecule has 21 heavy (non-hydrogen) atoms. The smallest absolute Gasteiger partial charge is 0.239 e. The van der Waals surface area contributed by atoms with Crippen molar-refractivity contribution in [1.82, 2.24) is 24.6 Å². The molecule has 1 N–H and O–H groups in total. The standard InChI is InChI=1S/C14H18N6O/c1-10-5-13(19(2)18-10)17-14(21)8-20-4-3-11-6-15-9-16-12(11)7-20/h5-6,9H,3-4,7-8H2,1-2H3,(H,17,21). The van der Waals surface area contributed by atoms with Crippen molar-refractivity contribution in [3.8, 4) is 0 Å². The van der Waals surface area contributed by atoms with Gasteiger partial charge >= 0.3 is 0 Å². The van der Waals surface area contributed by atoms with Gasteiger partial charge in [0.05, 0.1) is 17.9 Å². The lowest BCUT2D eigenvalue weighted by atomic mass is 10.1. The van der Waals surface area contributed by atoms with Gasteiger partial charge in [0.1, 0.15) is 12.1 Å². The molecule has 2 aromatic heterocycles. The molecule has 1 amide bonds. The summed E-state index contributed by atoms with van der Waals surface area (Å²) in [5, 5.41) is 7.10. The molecule has 3 rings (SSSR count). The summed E-state index contributed by atoms with van der Waals surface area (Å²) < 4.78 is 1.67. The van der Waals surface area contributed by atoms with Crippen molar-refractivity contribution in [3.05, 3.63) is 35.5 Å². The van der Waals surface area contributed by atoms with Crippen molar-refractivity contribution >= 4 is 11.7 Å². The highest BCUT2D eigenvalue weighted by Crippen LogP contribution is 2.15. The third kappa shape index (κ3) is 3.08. The molecule has 0 atom stereocenters. The van der Waals surface area contributed by atoms with Gasteiger partial charge in [-0.15, -0.1) is 0 Å². The van der Waals surface area contributed by atoms with Crippen molar-refractivity contribution < 1.29 is 4.79 Å². The predicted molar refractivity (Wildman–Crippen MR) is 77.6 cm³/mol. The number of amides is 1. The first-order valence-corrected chi connectivity index (χ1v) is 6.92. The number of rotatable bonds is 3. The van der Waals surface area contributed by atoms with E-state index in [2.05, 4.69) is 25.3 Å². The maximum atomic E-state index is 12.1. The Labute approximate surface area is 123 Å². The Morgan fingerprint density at radius 1 is 1.48 bits per heavy atom. The van der Waals surface area contributed by atoms with Gasteiger partial charge in [-0.25, -0.2) is 9.97 Å². The average Bonchev–Trinajstić information content (AvgIpc) is 2.76. The third-order valence-corrected chi connectivity index (χ3v) is 3.59. The number of hydrogen-bond acceptors (Lipinski definition) is 5. The van der Waals surface area contributed by atoms with Crippen LogP contribution in [0.15, 0.2) is 18.6 Å². The van der Waals surface area contributed by atoms with E-state index in [4.69, 9.17) is 0 Å². The fourth-order valence-corrected chi connectivity index (χ4v) is 2.55. The zero-order valence-electron chi connectivity index (χ0n) is 12.2. The molecular weight excluding hydrogens is 268 g/mol. The van der Waals surface area contributed by atoms with Crippen molar-refractivity contribution in [2.75, 3.05) is 18.4 Å². The molecule has 0 saturated heterocycles. The number of aromatic nitrogens is 4. The molecule has 7 nitrogen and oxygen atoms in total. The van der Waals surface area contributed by atoms with Crippen molar-refractivity contribution in [1.29, 1.82) is 0 Å². The first kappa shape index (κ1) is 13.7. The quantitative estimate of drug-likeness (QED) is 0.890. The van der Waals surface area contributed by atoms with Crippen molar-refractivity contribution in [2.45, 2.75) is 19.9 Å². The highest BCUT2D eigenvalue weighted by molar-refractivity contribution is 5.91. The Morgan fingerprint density at radius 2 is 2.33 bits per heavy atom. The van der Waals surface area contributed by atoms with E-state index in [1.807, 2.05) is 26.2 Å². The molecule has 0 spiro atoms. The van der Waals surface area contributed by atoms with E-state index in [1.54, 1.807) is 11.0 Å². The molecule has 1 aliphatic rings. The van der Waals surface area contributed by atoms with Gasteiger partial charge in [-0.3, -0.25) is 14.4 Å². The first-order chi connectivity index (χ1) is 10.1. The van der Waals surface area contributed by atoms with Gasteiger partial charge in [0.25, 0.3) is 0 Å². The van der Waals surface area contributed by atoms with Crippen LogP contribution in [0.5, 0.6) is 0 Å². The van der Waals surface area contributed by atoms with Gasteiger partial charge in [0.15, 0.2) is 0 Å². The summed E-state index contributed by atoms with van der Waals surface area (Å²) in [5.41, 5.74) is 3.08. The number of carbonyl (C=O) groups is 1. The molecule has 2 aromatic rings. The van der Waals surface area contributed by atoms with E-state index in [1.165, 1.54) is 5.56 Å². The maximum absolute atomic E-state index is 12.1. The van der Waals surface area contributed by atoms with Gasteiger partial charge in [-0.05, 0) is 18.9 Å². The Hall–Kier alpha value is -2.28. The van der Waals surface area contributed by atoms with E-state index in [0.29, 0.717) is 13.1 Å². The van der Waals surface area contributed by atoms with Crippen LogP contribution in [0.25, 0.3) is 0 Å². The third-order valence-electron chi connectivity index (χ3n) is 3.59. The normalized spacial score (nSPS) is 14.8. The molecule has 0 radical (unpaired) electrons. The molecule has 0 aromatic carbocycles. The minimum Gasteiger partial charge on any atom is -0.310 e. The lowest BCUT2D eigenvalue weighted by Gasteiger charge is -2.26. The summed E-state index contributed by atoms with van der Waals surface area (Å²) in [7, 11) is 1.82. The van der Waals surface area contributed by atoms with E-state index in [9.17, 15) is 4.79 Å². The van der Waals surface area contributed by atoms with Crippen LogP contribution in [0, 0.1) is 6.92 Å². The largest absolute Gasteiger partial charge is 0.310 e. The van der Waals surface area contributed by atoms with E-state index in [0.717, 1.165) is 30.2 Å². The highest BCUT2D eigenvalue weighted by Gasteiger charge is 2.19.